The second-order valence-corrected chi connectivity index (χ2v) is 3.49. The largest absolute Gasteiger partial charge is 0.480 e. The van der Waals surface area contributed by atoms with Crippen LogP contribution in [0.15, 0.2) is 25.3 Å². The van der Waals surface area contributed by atoms with Crippen LogP contribution >= 0.6 is 0 Å². The summed E-state index contributed by atoms with van der Waals surface area (Å²) >= 11 is 0. The summed E-state index contributed by atoms with van der Waals surface area (Å²) in [5, 5.41) is 11.0. The van der Waals surface area contributed by atoms with Crippen molar-refractivity contribution in [2.24, 2.45) is 5.73 Å². The summed E-state index contributed by atoms with van der Waals surface area (Å²) in [6, 6.07) is -1.96. The highest BCUT2D eigenvalue weighted by molar-refractivity contribution is 5.87. The minimum atomic E-state index is -1.34. The van der Waals surface area contributed by atoms with Gasteiger partial charge in [-0.15, -0.1) is 13.2 Å². The standard InChI is InChI=1S/C11H17N3O4/c1-3-5-14(6-4-2)11(18)13-8(10(16)17)7-9(12)15/h3-4,8H,1-2,5-7H2,(H2,12,15)(H,13,18)(H,16,17)/t8-/m0/s1. The molecule has 0 aliphatic rings. The molecule has 0 radical (unpaired) electrons. The summed E-state index contributed by atoms with van der Waals surface area (Å²) in [5.74, 6) is -2.12. The summed E-state index contributed by atoms with van der Waals surface area (Å²) < 4.78 is 0. The Kier molecular flexibility index (Phi) is 6.87. The van der Waals surface area contributed by atoms with E-state index in [1.54, 1.807) is 0 Å². The Morgan fingerprint density at radius 3 is 2.11 bits per heavy atom. The normalized spacial score (nSPS) is 11.1. The van der Waals surface area contributed by atoms with Crippen molar-refractivity contribution in [3.05, 3.63) is 25.3 Å². The van der Waals surface area contributed by atoms with E-state index in [1.807, 2.05) is 0 Å². The first-order valence-electron chi connectivity index (χ1n) is 5.20. The summed E-state index contributed by atoms with van der Waals surface area (Å²) in [4.78, 5) is 34.5. The minimum absolute atomic E-state index is 0.237. The van der Waals surface area contributed by atoms with Gasteiger partial charge in [-0.25, -0.2) is 9.59 Å². The number of primary amides is 1. The molecule has 0 aromatic carbocycles. The third-order valence-electron chi connectivity index (χ3n) is 1.99. The second kappa shape index (κ2) is 7.88. The lowest BCUT2D eigenvalue weighted by atomic mass is 10.2. The van der Waals surface area contributed by atoms with Crippen LogP contribution in [0.1, 0.15) is 6.42 Å². The number of nitrogens with two attached hydrogens (primary N) is 1. The maximum absolute atomic E-state index is 11.7. The highest BCUT2D eigenvalue weighted by Gasteiger charge is 2.24. The molecule has 0 fully saturated rings. The Morgan fingerprint density at radius 2 is 1.78 bits per heavy atom. The molecule has 0 aromatic heterocycles. The van der Waals surface area contributed by atoms with Gasteiger partial charge in [0.2, 0.25) is 5.91 Å². The zero-order valence-electron chi connectivity index (χ0n) is 9.96. The number of aliphatic carboxylic acids is 1. The lowest BCUT2D eigenvalue weighted by molar-refractivity contribution is -0.140. The molecule has 0 heterocycles. The van der Waals surface area contributed by atoms with Crippen LogP contribution in [0.3, 0.4) is 0 Å². The van der Waals surface area contributed by atoms with Gasteiger partial charge < -0.3 is 21.1 Å². The fraction of sp³-hybridized carbons (Fsp3) is 0.364. The van der Waals surface area contributed by atoms with Crippen LogP contribution in [0.4, 0.5) is 4.79 Å². The number of carboxylic acid groups (broad SMARTS) is 1. The molecule has 0 aromatic rings. The lowest BCUT2D eigenvalue weighted by Crippen LogP contribution is -2.49. The molecule has 4 N–H and O–H groups in total. The van der Waals surface area contributed by atoms with Crippen molar-refractivity contribution in [1.29, 1.82) is 0 Å². The predicted octanol–water partition coefficient (Wildman–Crippen LogP) is -0.301. The number of carbonyl (C=O) groups excluding carboxylic acids is 2. The average Bonchev–Trinajstić information content (AvgIpc) is 2.27. The van der Waals surface area contributed by atoms with Gasteiger partial charge in [-0.3, -0.25) is 4.79 Å². The van der Waals surface area contributed by atoms with Crippen LogP contribution in [0, 0.1) is 0 Å². The van der Waals surface area contributed by atoms with Crippen molar-refractivity contribution in [3.63, 3.8) is 0 Å². The number of rotatable bonds is 8. The zero-order chi connectivity index (χ0) is 14.1. The van der Waals surface area contributed by atoms with Crippen LogP contribution in [0.5, 0.6) is 0 Å². The number of hydrogen-bond donors (Lipinski definition) is 3. The summed E-state index contributed by atoms with van der Waals surface area (Å²) in [5.41, 5.74) is 4.90. The average molecular weight is 255 g/mol. The molecule has 0 bridgehead atoms. The van der Waals surface area contributed by atoms with Gasteiger partial charge in [0.05, 0.1) is 6.42 Å². The van der Waals surface area contributed by atoms with E-state index in [9.17, 15) is 14.4 Å². The molecule has 7 heteroatoms. The van der Waals surface area contributed by atoms with E-state index in [0.29, 0.717) is 0 Å². The van der Waals surface area contributed by atoms with Crippen molar-refractivity contribution in [3.8, 4) is 0 Å². The Bertz CT molecular complexity index is 344. The molecule has 100 valence electrons. The third kappa shape index (κ3) is 5.69. The van der Waals surface area contributed by atoms with Crippen LogP contribution in [-0.2, 0) is 9.59 Å². The molecule has 1 atom stereocenters. The topological polar surface area (TPSA) is 113 Å². The van der Waals surface area contributed by atoms with Gasteiger partial charge in [0, 0.05) is 13.1 Å². The van der Waals surface area contributed by atoms with Crippen molar-refractivity contribution in [1.82, 2.24) is 10.2 Å². The highest BCUT2D eigenvalue weighted by Crippen LogP contribution is 1.97. The van der Waals surface area contributed by atoms with Gasteiger partial charge in [0.25, 0.3) is 0 Å². The Hall–Kier alpha value is -2.31. The van der Waals surface area contributed by atoms with E-state index in [2.05, 4.69) is 18.5 Å². The zero-order valence-corrected chi connectivity index (χ0v) is 9.96. The van der Waals surface area contributed by atoms with Crippen molar-refractivity contribution in [2.45, 2.75) is 12.5 Å². The molecule has 0 unspecified atom stereocenters. The van der Waals surface area contributed by atoms with Crippen LogP contribution in [0.2, 0.25) is 0 Å². The fourth-order valence-corrected chi connectivity index (χ4v) is 1.19. The first-order valence-corrected chi connectivity index (χ1v) is 5.20. The maximum atomic E-state index is 11.7. The molecule has 0 saturated heterocycles. The van der Waals surface area contributed by atoms with Crippen LogP contribution < -0.4 is 11.1 Å². The molecular weight excluding hydrogens is 238 g/mol. The molecule has 0 aliphatic heterocycles. The Morgan fingerprint density at radius 1 is 1.28 bits per heavy atom. The number of hydrogen-bond acceptors (Lipinski definition) is 3. The summed E-state index contributed by atoms with van der Waals surface area (Å²) in [6.45, 7) is 7.44. The van der Waals surface area contributed by atoms with Crippen molar-refractivity contribution in [2.75, 3.05) is 13.1 Å². The van der Waals surface area contributed by atoms with E-state index in [-0.39, 0.29) is 13.1 Å². The number of amides is 3. The van der Waals surface area contributed by atoms with E-state index < -0.39 is 30.4 Å². The van der Waals surface area contributed by atoms with Crippen molar-refractivity contribution >= 4 is 17.9 Å². The Balaban J connectivity index is 4.63. The number of urea groups is 1. The van der Waals surface area contributed by atoms with Gasteiger partial charge in [0.1, 0.15) is 6.04 Å². The molecule has 0 saturated carbocycles. The van der Waals surface area contributed by atoms with Gasteiger partial charge in [-0.1, -0.05) is 12.2 Å². The monoisotopic (exact) mass is 255 g/mol. The van der Waals surface area contributed by atoms with Crippen LogP contribution in [0.25, 0.3) is 0 Å². The maximum Gasteiger partial charge on any atom is 0.326 e. The predicted molar refractivity (Wildman–Crippen MR) is 65.7 cm³/mol. The van der Waals surface area contributed by atoms with Gasteiger partial charge in [-0.05, 0) is 0 Å². The lowest BCUT2D eigenvalue weighted by Gasteiger charge is -2.22. The smallest absolute Gasteiger partial charge is 0.326 e. The number of carboxylic acids is 1. The number of nitrogens with zero attached hydrogens (tertiary/aromatic N) is 1. The van der Waals surface area contributed by atoms with E-state index in [1.165, 1.54) is 17.1 Å². The van der Waals surface area contributed by atoms with Gasteiger partial charge in [-0.2, -0.15) is 0 Å². The minimum Gasteiger partial charge on any atom is -0.480 e. The molecule has 0 aliphatic carbocycles. The van der Waals surface area contributed by atoms with E-state index >= 15 is 0 Å². The first-order chi connectivity index (χ1) is 8.42. The molecule has 0 rings (SSSR count). The van der Waals surface area contributed by atoms with Crippen molar-refractivity contribution < 1.29 is 19.5 Å². The quantitative estimate of drug-likeness (QED) is 0.517. The highest BCUT2D eigenvalue weighted by atomic mass is 16.4. The molecular formula is C11H17N3O4. The summed E-state index contributed by atoms with van der Waals surface area (Å²) in [6.07, 6.45) is 2.52. The van der Waals surface area contributed by atoms with E-state index in [4.69, 9.17) is 10.8 Å². The fourth-order valence-electron chi connectivity index (χ4n) is 1.19. The van der Waals surface area contributed by atoms with Gasteiger partial charge >= 0.3 is 12.0 Å². The van der Waals surface area contributed by atoms with E-state index in [0.717, 1.165) is 0 Å². The molecule has 0 spiro atoms. The SMILES string of the molecule is C=CCN(CC=C)C(=O)N[C@@H](CC(N)=O)C(=O)O. The molecule has 3 amide bonds. The van der Waals surface area contributed by atoms with Crippen LogP contribution in [-0.4, -0.2) is 47.0 Å². The first kappa shape index (κ1) is 15.7. The number of carbonyl (C=O) groups is 3. The molecule has 7 nitrogen and oxygen atoms in total. The molecule has 18 heavy (non-hydrogen) atoms. The number of nitrogens with one attached hydrogen (secondary N) is 1. The summed E-state index contributed by atoms with van der Waals surface area (Å²) in [7, 11) is 0. The third-order valence-corrected chi connectivity index (χ3v) is 1.99. The Labute approximate surface area is 105 Å². The second-order valence-electron chi connectivity index (χ2n) is 3.49. The van der Waals surface area contributed by atoms with Gasteiger partial charge in [0.15, 0.2) is 0 Å².